The first-order chi connectivity index (χ1) is 12.2. The average molecular weight is 360 g/mol. The molecule has 0 bridgehead atoms. The highest BCUT2D eigenvalue weighted by atomic mass is 35.5. The molecular weight excluding hydrogens is 334 g/mol. The molecule has 1 N–H and O–H groups in total. The molecule has 134 valence electrons. The van der Waals surface area contributed by atoms with Crippen molar-refractivity contribution < 1.29 is 9.84 Å². The van der Waals surface area contributed by atoms with E-state index in [1.165, 1.54) is 18.4 Å². The van der Waals surface area contributed by atoms with Gasteiger partial charge in [0.2, 0.25) is 0 Å². The van der Waals surface area contributed by atoms with Crippen LogP contribution in [0.2, 0.25) is 5.02 Å². The molecule has 0 aromatic heterocycles. The van der Waals surface area contributed by atoms with Gasteiger partial charge in [-0.05, 0) is 68.1 Å². The van der Waals surface area contributed by atoms with E-state index < -0.39 is 6.10 Å². The molecule has 2 aromatic carbocycles. The summed E-state index contributed by atoms with van der Waals surface area (Å²) in [6, 6.07) is 18.0. The van der Waals surface area contributed by atoms with Crippen molar-refractivity contribution in [3.8, 4) is 5.75 Å². The number of likely N-dealkylation sites (tertiary alicyclic amines) is 1. The van der Waals surface area contributed by atoms with Gasteiger partial charge in [0.25, 0.3) is 0 Å². The molecule has 1 aliphatic heterocycles. The lowest BCUT2D eigenvalue weighted by Crippen LogP contribution is -2.41. The highest BCUT2D eigenvalue weighted by Crippen LogP contribution is 2.22. The van der Waals surface area contributed by atoms with Gasteiger partial charge in [-0.25, -0.2) is 0 Å². The van der Waals surface area contributed by atoms with Crippen LogP contribution in [0.3, 0.4) is 0 Å². The summed E-state index contributed by atoms with van der Waals surface area (Å²) in [6.07, 6.45) is 3.08. The van der Waals surface area contributed by atoms with Crippen molar-refractivity contribution in [2.45, 2.75) is 25.4 Å². The molecular formula is C21H26ClNO2. The SMILES string of the molecule is O[C@H](COc1ccc(Cl)cc1)CN1CCC(Cc2ccccc2)CC1. The maximum absolute atomic E-state index is 10.2. The van der Waals surface area contributed by atoms with E-state index in [0.29, 0.717) is 18.2 Å². The van der Waals surface area contributed by atoms with Gasteiger partial charge in [-0.3, -0.25) is 0 Å². The lowest BCUT2D eigenvalue weighted by atomic mass is 9.90. The summed E-state index contributed by atoms with van der Waals surface area (Å²) in [5, 5.41) is 10.9. The lowest BCUT2D eigenvalue weighted by molar-refractivity contribution is 0.0550. The van der Waals surface area contributed by atoms with Gasteiger partial charge >= 0.3 is 0 Å². The molecule has 25 heavy (non-hydrogen) atoms. The van der Waals surface area contributed by atoms with Gasteiger partial charge in [0.05, 0.1) is 0 Å². The number of hydrogen-bond acceptors (Lipinski definition) is 3. The summed E-state index contributed by atoms with van der Waals surface area (Å²) < 4.78 is 5.63. The first kappa shape index (κ1) is 18.2. The molecule has 0 aliphatic carbocycles. The maximum atomic E-state index is 10.2. The second-order valence-electron chi connectivity index (χ2n) is 6.85. The second-order valence-corrected chi connectivity index (χ2v) is 7.29. The van der Waals surface area contributed by atoms with Gasteiger partial charge in [0.15, 0.2) is 0 Å². The van der Waals surface area contributed by atoms with Crippen molar-refractivity contribution in [3.05, 3.63) is 65.2 Å². The third kappa shape index (κ3) is 6.03. The highest BCUT2D eigenvalue weighted by molar-refractivity contribution is 6.30. The monoisotopic (exact) mass is 359 g/mol. The van der Waals surface area contributed by atoms with E-state index in [2.05, 4.69) is 35.2 Å². The summed E-state index contributed by atoms with van der Waals surface area (Å²) in [6.45, 7) is 3.09. The van der Waals surface area contributed by atoms with Crippen molar-refractivity contribution in [1.29, 1.82) is 0 Å². The van der Waals surface area contributed by atoms with E-state index in [1.54, 1.807) is 12.1 Å². The molecule has 0 amide bonds. The van der Waals surface area contributed by atoms with E-state index in [9.17, 15) is 5.11 Å². The van der Waals surface area contributed by atoms with Crippen LogP contribution in [0.25, 0.3) is 0 Å². The molecule has 0 unspecified atom stereocenters. The number of rotatable bonds is 7. The zero-order valence-corrected chi connectivity index (χ0v) is 15.2. The predicted octanol–water partition coefficient (Wildman–Crippen LogP) is 4.03. The van der Waals surface area contributed by atoms with Gasteiger partial charge in [-0.2, -0.15) is 0 Å². The van der Waals surface area contributed by atoms with Crippen LogP contribution in [-0.4, -0.2) is 42.4 Å². The van der Waals surface area contributed by atoms with E-state index in [-0.39, 0.29) is 0 Å². The number of ether oxygens (including phenoxy) is 1. The van der Waals surface area contributed by atoms with Crippen molar-refractivity contribution in [1.82, 2.24) is 4.90 Å². The number of benzene rings is 2. The third-order valence-electron chi connectivity index (χ3n) is 4.80. The van der Waals surface area contributed by atoms with Crippen LogP contribution in [0.5, 0.6) is 5.75 Å². The molecule has 1 atom stereocenters. The normalized spacial score (nSPS) is 17.4. The minimum absolute atomic E-state index is 0.311. The minimum Gasteiger partial charge on any atom is -0.491 e. The Labute approximate surface area is 155 Å². The first-order valence-corrected chi connectivity index (χ1v) is 9.39. The van der Waals surface area contributed by atoms with Gasteiger partial charge in [0.1, 0.15) is 18.5 Å². The second kappa shape index (κ2) is 9.23. The lowest BCUT2D eigenvalue weighted by Gasteiger charge is -2.33. The fraction of sp³-hybridized carbons (Fsp3) is 0.429. The number of hydrogen-bond donors (Lipinski definition) is 1. The van der Waals surface area contributed by atoms with Crippen LogP contribution in [0.1, 0.15) is 18.4 Å². The fourth-order valence-corrected chi connectivity index (χ4v) is 3.52. The van der Waals surface area contributed by atoms with Gasteiger partial charge < -0.3 is 14.7 Å². The number of nitrogens with zero attached hydrogens (tertiary/aromatic N) is 1. The van der Waals surface area contributed by atoms with E-state index in [4.69, 9.17) is 16.3 Å². The molecule has 1 fully saturated rings. The smallest absolute Gasteiger partial charge is 0.119 e. The summed E-state index contributed by atoms with van der Waals surface area (Å²) >= 11 is 5.85. The Hall–Kier alpha value is -1.55. The summed E-state index contributed by atoms with van der Waals surface area (Å²) in [5.41, 5.74) is 1.43. The zero-order valence-electron chi connectivity index (χ0n) is 14.5. The van der Waals surface area contributed by atoms with E-state index in [0.717, 1.165) is 31.2 Å². The summed E-state index contributed by atoms with van der Waals surface area (Å²) in [7, 11) is 0. The van der Waals surface area contributed by atoms with Crippen LogP contribution in [0.4, 0.5) is 0 Å². The summed E-state index contributed by atoms with van der Waals surface area (Å²) in [4.78, 5) is 2.34. The number of aliphatic hydroxyl groups excluding tert-OH is 1. The Kier molecular flexibility index (Phi) is 6.74. The molecule has 4 heteroatoms. The first-order valence-electron chi connectivity index (χ1n) is 9.02. The van der Waals surface area contributed by atoms with Gasteiger partial charge in [-0.15, -0.1) is 0 Å². The van der Waals surface area contributed by atoms with Crippen molar-refractivity contribution >= 4 is 11.6 Å². The van der Waals surface area contributed by atoms with Crippen LogP contribution in [0, 0.1) is 5.92 Å². The zero-order chi connectivity index (χ0) is 17.5. The molecule has 0 saturated carbocycles. The number of β-amino-alcohol motifs (C(OH)–C–C–N with tert-alkyl or cyclic N) is 1. The molecule has 1 saturated heterocycles. The molecule has 2 aromatic rings. The Morgan fingerprint density at radius 2 is 1.72 bits per heavy atom. The number of halogens is 1. The Balaban J connectivity index is 1.36. The van der Waals surface area contributed by atoms with Gasteiger partial charge in [-0.1, -0.05) is 41.9 Å². The topological polar surface area (TPSA) is 32.7 Å². The summed E-state index contributed by atoms with van der Waals surface area (Å²) in [5.74, 6) is 1.49. The fourth-order valence-electron chi connectivity index (χ4n) is 3.39. The molecule has 3 nitrogen and oxygen atoms in total. The quantitative estimate of drug-likeness (QED) is 0.810. The number of piperidine rings is 1. The van der Waals surface area contributed by atoms with Crippen LogP contribution >= 0.6 is 11.6 Å². The Bertz CT molecular complexity index is 624. The molecule has 1 heterocycles. The molecule has 0 radical (unpaired) electrons. The van der Waals surface area contributed by atoms with Crippen LogP contribution < -0.4 is 4.74 Å². The largest absolute Gasteiger partial charge is 0.491 e. The van der Waals surface area contributed by atoms with Crippen molar-refractivity contribution in [2.75, 3.05) is 26.2 Å². The number of aliphatic hydroxyl groups is 1. The van der Waals surface area contributed by atoms with Crippen LogP contribution in [-0.2, 0) is 6.42 Å². The Morgan fingerprint density at radius 1 is 1.04 bits per heavy atom. The van der Waals surface area contributed by atoms with Gasteiger partial charge in [0, 0.05) is 11.6 Å². The average Bonchev–Trinajstić information content (AvgIpc) is 2.64. The third-order valence-corrected chi connectivity index (χ3v) is 5.05. The van der Waals surface area contributed by atoms with E-state index >= 15 is 0 Å². The van der Waals surface area contributed by atoms with Crippen molar-refractivity contribution in [2.24, 2.45) is 5.92 Å². The minimum atomic E-state index is -0.471. The Morgan fingerprint density at radius 3 is 2.40 bits per heavy atom. The molecule has 0 spiro atoms. The maximum Gasteiger partial charge on any atom is 0.119 e. The predicted molar refractivity (Wildman–Crippen MR) is 102 cm³/mol. The van der Waals surface area contributed by atoms with Crippen molar-refractivity contribution in [3.63, 3.8) is 0 Å². The highest BCUT2D eigenvalue weighted by Gasteiger charge is 2.21. The van der Waals surface area contributed by atoms with E-state index in [1.807, 2.05) is 12.1 Å². The molecule has 1 aliphatic rings. The molecule has 3 rings (SSSR count). The standard InChI is InChI=1S/C21H26ClNO2/c22-19-6-8-21(9-7-19)25-16-20(24)15-23-12-10-18(11-13-23)14-17-4-2-1-3-5-17/h1-9,18,20,24H,10-16H2/t20-/m0/s1. The van der Waals surface area contributed by atoms with Crippen LogP contribution in [0.15, 0.2) is 54.6 Å².